The van der Waals surface area contributed by atoms with Crippen LogP contribution < -0.4 is 0 Å². The van der Waals surface area contributed by atoms with E-state index in [-0.39, 0.29) is 6.61 Å². The second kappa shape index (κ2) is 4.14. The Morgan fingerprint density at radius 1 is 1.67 bits per heavy atom. The average molecular weight is 226 g/mol. The number of fused-ring (bicyclic) bond motifs is 1. The lowest BCUT2D eigenvalue weighted by molar-refractivity contribution is 0.273. The minimum Gasteiger partial charge on any atom is -0.326 e. The Labute approximate surface area is 87.3 Å². The summed E-state index contributed by atoms with van der Waals surface area (Å²) in [6, 6.07) is 3.67. The predicted octanol–water partition coefficient (Wildman–Crippen LogP) is 1.54. The molecule has 0 radical (unpaired) electrons. The van der Waals surface area contributed by atoms with E-state index in [9.17, 15) is 4.57 Å². The fourth-order valence-corrected chi connectivity index (χ4v) is 1.72. The van der Waals surface area contributed by atoms with E-state index in [1.165, 1.54) is 0 Å². The van der Waals surface area contributed by atoms with Gasteiger partial charge in [-0.25, -0.2) is 4.98 Å². The molecular formula is C9H11N2O3P. The van der Waals surface area contributed by atoms with Gasteiger partial charge < -0.3 is 13.8 Å². The lowest BCUT2D eigenvalue weighted by atomic mass is 10.3. The van der Waals surface area contributed by atoms with Gasteiger partial charge in [-0.1, -0.05) is 6.07 Å². The molecule has 0 aliphatic carbocycles. The van der Waals surface area contributed by atoms with Gasteiger partial charge in [-0.3, -0.25) is 4.57 Å². The van der Waals surface area contributed by atoms with Gasteiger partial charge in [0, 0.05) is 18.0 Å². The molecule has 0 aromatic carbocycles. The molecule has 0 aliphatic rings. The van der Waals surface area contributed by atoms with E-state index in [2.05, 4.69) is 4.98 Å². The minimum atomic E-state index is -2.88. The van der Waals surface area contributed by atoms with Crippen molar-refractivity contribution in [1.82, 2.24) is 9.38 Å². The van der Waals surface area contributed by atoms with Crippen LogP contribution in [0.15, 0.2) is 24.5 Å². The molecule has 0 fully saturated rings. The maximum absolute atomic E-state index is 10.4. The molecule has 2 heterocycles. The minimum absolute atomic E-state index is 0.106. The van der Waals surface area contributed by atoms with Gasteiger partial charge in [0.25, 0.3) is 0 Å². The topological polar surface area (TPSA) is 63.8 Å². The largest absolute Gasteiger partial charge is 0.326 e. The normalized spacial score (nSPS) is 13.2. The lowest BCUT2D eigenvalue weighted by Gasteiger charge is -2.02. The summed E-state index contributed by atoms with van der Waals surface area (Å²) in [4.78, 5) is 12.9. The number of aryl methyl sites for hydroxylation is 1. The zero-order chi connectivity index (χ0) is 10.8. The summed E-state index contributed by atoms with van der Waals surface area (Å²) < 4.78 is 17.0. The molecule has 0 aliphatic heterocycles. The molecule has 0 saturated heterocycles. The van der Waals surface area contributed by atoms with E-state index in [0.717, 1.165) is 16.9 Å². The fraction of sp³-hybridized carbons (Fsp3) is 0.222. The summed E-state index contributed by atoms with van der Waals surface area (Å²) >= 11 is 0. The fourth-order valence-electron chi connectivity index (χ4n) is 1.45. The van der Waals surface area contributed by atoms with Crippen molar-refractivity contribution in [3.63, 3.8) is 0 Å². The first-order valence-corrected chi connectivity index (χ1v) is 5.72. The molecule has 2 rings (SSSR count). The van der Waals surface area contributed by atoms with Crippen LogP contribution in [-0.2, 0) is 15.7 Å². The maximum atomic E-state index is 10.4. The van der Waals surface area contributed by atoms with Crippen molar-refractivity contribution in [2.75, 3.05) is 0 Å². The monoisotopic (exact) mass is 226 g/mol. The summed E-state index contributed by atoms with van der Waals surface area (Å²) in [5.41, 5.74) is 2.47. The zero-order valence-electron chi connectivity index (χ0n) is 8.17. The first-order chi connectivity index (χ1) is 7.16. The Morgan fingerprint density at radius 2 is 2.47 bits per heavy atom. The third kappa shape index (κ3) is 2.26. The molecule has 80 valence electrons. The second-order valence-corrected chi connectivity index (χ2v) is 4.02. The highest BCUT2D eigenvalue weighted by Crippen LogP contribution is 2.20. The quantitative estimate of drug-likeness (QED) is 0.806. The molecule has 15 heavy (non-hydrogen) atoms. The van der Waals surface area contributed by atoms with Gasteiger partial charge in [-0.05, 0) is 13.0 Å². The molecule has 0 bridgehead atoms. The van der Waals surface area contributed by atoms with Crippen molar-refractivity contribution in [2.24, 2.45) is 0 Å². The molecule has 2 aromatic heterocycles. The van der Waals surface area contributed by atoms with E-state index in [4.69, 9.17) is 9.42 Å². The van der Waals surface area contributed by atoms with Crippen molar-refractivity contribution >= 4 is 13.9 Å². The number of rotatable bonds is 3. The van der Waals surface area contributed by atoms with Crippen molar-refractivity contribution in [1.29, 1.82) is 0 Å². The van der Waals surface area contributed by atoms with E-state index in [1.807, 2.05) is 35.9 Å². The van der Waals surface area contributed by atoms with Crippen LogP contribution in [0.25, 0.3) is 5.65 Å². The van der Waals surface area contributed by atoms with Gasteiger partial charge in [0.2, 0.25) is 0 Å². The van der Waals surface area contributed by atoms with Crippen LogP contribution in [0.5, 0.6) is 0 Å². The second-order valence-electron chi connectivity index (χ2n) is 3.20. The van der Waals surface area contributed by atoms with Crippen LogP contribution in [-0.4, -0.2) is 14.3 Å². The summed E-state index contributed by atoms with van der Waals surface area (Å²) in [5, 5.41) is 0. The van der Waals surface area contributed by atoms with Crippen LogP contribution in [0.2, 0.25) is 0 Å². The summed E-state index contributed by atoms with van der Waals surface area (Å²) in [7, 11) is -2.88. The Balaban J connectivity index is 2.37. The van der Waals surface area contributed by atoms with Crippen LogP contribution in [0.3, 0.4) is 0 Å². The molecule has 5 nitrogen and oxygen atoms in total. The molecule has 0 spiro atoms. The highest BCUT2D eigenvalue weighted by Gasteiger charge is 2.04. The lowest BCUT2D eigenvalue weighted by Crippen LogP contribution is -1.92. The third-order valence-electron chi connectivity index (χ3n) is 2.04. The van der Waals surface area contributed by atoms with Crippen LogP contribution in [0.4, 0.5) is 0 Å². The number of hydrogen-bond donors (Lipinski definition) is 1. The van der Waals surface area contributed by atoms with Gasteiger partial charge in [0.05, 0.1) is 12.3 Å². The molecule has 1 N–H and O–H groups in total. The van der Waals surface area contributed by atoms with Gasteiger partial charge in [0.15, 0.2) is 0 Å². The standard InChI is InChI=1S/C9H11N2O3P/c1-7-5-11-4-2-3-8(9(11)10-7)6-14-15(12)13/h2-5,15H,6H2,1H3,(H,12,13). The summed E-state index contributed by atoms with van der Waals surface area (Å²) in [5.74, 6) is 0. The van der Waals surface area contributed by atoms with Crippen molar-refractivity contribution < 1.29 is 14.0 Å². The number of pyridine rings is 1. The SMILES string of the molecule is Cc1cn2cccc(CO[PH](=O)O)c2n1. The summed E-state index contributed by atoms with van der Waals surface area (Å²) in [6.07, 6.45) is 3.77. The highest BCUT2D eigenvalue weighted by molar-refractivity contribution is 7.32. The number of aromatic nitrogens is 2. The molecular weight excluding hydrogens is 215 g/mol. The number of hydrogen-bond acceptors (Lipinski definition) is 3. The molecule has 1 atom stereocenters. The number of imidazole rings is 1. The van der Waals surface area contributed by atoms with E-state index in [0.29, 0.717) is 0 Å². The molecule has 1 unspecified atom stereocenters. The third-order valence-corrected chi connectivity index (χ3v) is 2.43. The maximum Gasteiger partial charge on any atom is 0.316 e. The van der Waals surface area contributed by atoms with Gasteiger partial charge in [-0.2, -0.15) is 0 Å². The van der Waals surface area contributed by atoms with Crippen LogP contribution in [0, 0.1) is 6.92 Å². The van der Waals surface area contributed by atoms with Crippen molar-refractivity contribution in [3.05, 3.63) is 35.8 Å². The molecule has 6 heteroatoms. The smallest absolute Gasteiger partial charge is 0.316 e. The predicted molar refractivity (Wildman–Crippen MR) is 55.9 cm³/mol. The van der Waals surface area contributed by atoms with Gasteiger partial charge >= 0.3 is 8.25 Å². The van der Waals surface area contributed by atoms with Crippen molar-refractivity contribution in [2.45, 2.75) is 13.5 Å². The van der Waals surface area contributed by atoms with E-state index in [1.54, 1.807) is 0 Å². The Kier molecular flexibility index (Phi) is 2.86. The molecule has 2 aromatic rings. The molecule has 0 amide bonds. The Hall–Kier alpha value is -1.16. The average Bonchev–Trinajstić information content (AvgIpc) is 2.55. The van der Waals surface area contributed by atoms with Crippen molar-refractivity contribution in [3.8, 4) is 0 Å². The Morgan fingerprint density at radius 3 is 3.20 bits per heavy atom. The first kappa shape index (κ1) is 10.4. The molecule has 0 saturated carbocycles. The van der Waals surface area contributed by atoms with Crippen LogP contribution >= 0.6 is 8.25 Å². The number of nitrogens with zero attached hydrogens (tertiary/aromatic N) is 2. The van der Waals surface area contributed by atoms with E-state index < -0.39 is 8.25 Å². The summed E-state index contributed by atoms with van der Waals surface area (Å²) in [6.45, 7) is 2.00. The van der Waals surface area contributed by atoms with Gasteiger partial charge in [0.1, 0.15) is 5.65 Å². The first-order valence-electron chi connectivity index (χ1n) is 4.46. The van der Waals surface area contributed by atoms with Gasteiger partial charge in [-0.15, -0.1) is 0 Å². The Bertz CT molecular complexity index is 509. The van der Waals surface area contributed by atoms with E-state index >= 15 is 0 Å². The highest BCUT2D eigenvalue weighted by atomic mass is 31.1. The zero-order valence-corrected chi connectivity index (χ0v) is 9.17. The van der Waals surface area contributed by atoms with Crippen LogP contribution in [0.1, 0.15) is 11.3 Å².